The van der Waals surface area contributed by atoms with Crippen LogP contribution in [0.4, 0.5) is 0 Å². The van der Waals surface area contributed by atoms with Crippen LogP contribution in [0.15, 0.2) is 6.07 Å². The van der Waals surface area contributed by atoms with Crippen molar-refractivity contribution in [3.8, 4) is 0 Å². The third-order valence-corrected chi connectivity index (χ3v) is 2.78. The van der Waals surface area contributed by atoms with E-state index in [0.29, 0.717) is 11.7 Å². The number of rotatable bonds is 2. The molecule has 2 rings (SSSR count). The maximum absolute atomic E-state index is 11.1. The molecule has 13 heavy (non-hydrogen) atoms. The molecule has 1 aliphatic carbocycles. The minimum atomic E-state index is -0.364. The van der Waals surface area contributed by atoms with Crippen molar-refractivity contribution in [3.63, 3.8) is 0 Å². The van der Waals surface area contributed by atoms with Gasteiger partial charge in [-0.05, 0) is 35.4 Å². The van der Waals surface area contributed by atoms with Crippen LogP contribution in [0.5, 0.6) is 0 Å². The highest BCUT2D eigenvalue weighted by Crippen LogP contribution is 2.35. The van der Waals surface area contributed by atoms with Gasteiger partial charge in [0, 0.05) is 6.07 Å². The van der Waals surface area contributed by atoms with E-state index < -0.39 is 0 Å². The molecule has 1 heterocycles. The molecular formula is C8H9IN2O2. The van der Waals surface area contributed by atoms with E-state index in [1.54, 1.807) is 6.07 Å². The summed E-state index contributed by atoms with van der Waals surface area (Å²) in [5.74, 6) is -0.364. The molecule has 0 saturated heterocycles. The summed E-state index contributed by atoms with van der Waals surface area (Å²) in [4.78, 5) is 11.1. The Balaban J connectivity index is 2.28. The molecule has 0 spiro atoms. The van der Waals surface area contributed by atoms with Gasteiger partial charge in [0.2, 0.25) is 0 Å². The van der Waals surface area contributed by atoms with E-state index in [9.17, 15) is 4.79 Å². The van der Waals surface area contributed by atoms with E-state index in [1.807, 2.05) is 4.68 Å². The Labute approximate surface area is 89.4 Å². The van der Waals surface area contributed by atoms with E-state index in [0.717, 1.165) is 16.5 Å². The Morgan fingerprint density at radius 3 is 3.00 bits per heavy atom. The lowest BCUT2D eigenvalue weighted by atomic mass is 10.4. The van der Waals surface area contributed by atoms with Gasteiger partial charge in [-0.25, -0.2) is 4.79 Å². The highest BCUT2D eigenvalue weighted by molar-refractivity contribution is 14.1. The summed E-state index contributed by atoms with van der Waals surface area (Å²) < 4.78 is 7.48. The van der Waals surface area contributed by atoms with Crippen molar-refractivity contribution in [2.45, 2.75) is 18.9 Å². The van der Waals surface area contributed by atoms with Crippen molar-refractivity contribution in [2.75, 3.05) is 7.11 Å². The molecule has 4 nitrogen and oxygen atoms in total. The maximum Gasteiger partial charge on any atom is 0.358 e. The number of esters is 1. The van der Waals surface area contributed by atoms with E-state index >= 15 is 0 Å². The molecule has 0 aliphatic heterocycles. The van der Waals surface area contributed by atoms with Crippen molar-refractivity contribution in [1.82, 2.24) is 9.78 Å². The summed E-state index contributed by atoms with van der Waals surface area (Å²) in [5.41, 5.74) is 0.402. The van der Waals surface area contributed by atoms with Crippen molar-refractivity contribution < 1.29 is 9.53 Å². The highest BCUT2D eigenvalue weighted by atomic mass is 127. The molecule has 1 aromatic heterocycles. The minimum absolute atomic E-state index is 0.364. The van der Waals surface area contributed by atoms with Gasteiger partial charge in [0.25, 0.3) is 0 Å². The molecule has 0 radical (unpaired) electrons. The van der Waals surface area contributed by atoms with Gasteiger partial charge in [0.1, 0.15) is 3.70 Å². The second-order valence-corrected chi connectivity index (χ2v) is 4.12. The normalized spacial score (nSPS) is 15.8. The zero-order chi connectivity index (χ0) is 9.42. The fourth-order valence-corrected chi connectivity index (χ4v) is 1.95. The molecule has 0 aromatic carbocycles. The summed E-state index contributed by atoms with van der Waals surface area (Å²) in [7, 11) is 1.37. The SMILES string of the molecule is COC(=O)c1cc(I)n(C2CC2)n1. The van der Waals surface area contributed by atoms with Gasteiger partial charge in [-0.3, -0.25) is 4.68 Å². The van der Waals surface area contributed by atoms with Crippen molar-refractivity contribution in [2.24, 2.45) is 0 Å². The molecular weight excluding hydrogens is 283 g/mol. The molecule has 70 valence electrons. The highest BCUT2D eigenvalue weighted by Gasteiger charge is 2.27. The number of nitrogens with zero attached hydrogens (tertiary/aromatic N) is 2. The first-order valence-electron chi connectivity index (χ1n) is 4.05. The number of carbonyl (C=O) groups is 1. The van der Waals surface area contributed by atoms with E-state index in [4.69, 9.17) is 0 Å². The number of halogens is 1. The first-order valence-corrected chi connectivity index (χ1v) is 5.13. The average molecular weight is 292 g/mol. The number of methoxy groups -OCH3 is 1. The van der Waals surface area contributed by atoms with Crippen LogP contribution in [0, 0.1) is 3.70 Å². The van der Waals surface area contributed by atoms with Crippen molar-refractivity contribution in [1.29, 1.82) is 0 Å². The lowest BCUT2D eigenvalue weighted by molar-refractivity contribution is 0.0593. The van der Waals surface area contributed by atoms with Crippen LogP contribution < -0.4 is 0 Å². The predicted octanol–water partition coefficient (Wildman–Crippen LogP) is 1.61. The summed E-state index contributed by atoms with van der Waals surface area (Å²) in [6.07, 6.45) is 2.33. The molecule has 0 amide bonds. The lowest BCUT2D eigenvalue weighted by Crippen LogP contribution is -2.04. The predicted molar refractivity (Wildman–Crippen MR) is 54.6 cm³/mol. The zero-order valence-corrected chi connectivity index (χ0v) is 9.32. The fraction of sp³-hybridized carbons (Fsp3) is 0.500. The van der Waals surface area contributed by atoms with Gasteiger partial charge in [-0.1, -0.05) is 0 Å². The van der Waals surface area contributed by atoms with E-state index in [-0.39, 0.29) is 5.97 Å². The third kappa shape index (κ3) is 1.70. The van der Waals surface area contributed by atoms with Crippen LogP contribution >= 0.6 is 22.6 Å². The minimum Gasteiger partial charge on any atom is -0.464 e. The Hall–Kier alpha value is -0.590. The molecule has 5 heteroatoms. The second kappa shape index (κ2) is 3.28. The molecule has 1 aromatic rings. The monoisotopic (exact) mass is 292 g/mol. The number of ether oxygens (including phenoxy) is 1. The van der Waals surface area contributed by atoms with Crippen LogP contribution in [0.25, 0.3) is 0 Å². The van der Waals surface area contributed by atoms with Gasteiger partial charge < -0.3 is 4.74 Å². The smallest absolute Gasteiger partial charge is 0.358 e. The van der Waals surface area contributed by atoms with Gasteiger partial charge in [-0.15, -0.1) is 0 Å². The molecule has 0 bridgehead atoms. The zero-order valence-electron chi connectivity index (χ0n) is 7.16. The molecule has 1 saturated carbocycles. The second-order valence-electron chi connectivity index (χ2n) is 3.02. The summed E-state index contributed by atoms with van der Waals surface area (Å²) in [6.45, 7) is 0. The van der Waals surface area contributed by atoms with Crippen molar-refractivity contribution >= 4 is 28.6 Å². The van der Waals surface area contributed by atoms with Crippen molar-refractivity contribution in [3.05, 3.63) is 15.5 Å². The number of hydrogen-bond donors (Lipinski definition) is 0. The standard InChI is InChI=1S/C8H9IN2O2/c1-13-8(12)6-4-7(9)11(10-6)5-2-3-5/h4-5H,2-3H2,1H3. The summed E-state index contributed by atoms with van der Waals surface area (Å²) in [6, 6.07) is 2.26. The van der Waals surface area contributed by atoms with Gasteiger partial charge in [0.15, 0.2) is 5.69 Å². The van der Waals surface area contributed by atoms with Gasteiger partial charge in [-0.2, -0.15) is 5.10 Å². The molecule has 0 atom stereocenters. The first kappa shape index (κ1) is 8.98. The van der Waals surface area contributed by atoms with E-state index in [1.165, 1.54) is 7.11 Å². The largest absolute Gasteiger partial charge is 0.464 e. The Bertz CT molecular complexity index is 344. The van der Waals surface area contributed by atoms with Crippen LogP contribution in [0.3, 0.4) is 0 Å². The van der Waals surface area contributed by atoms with Crippen LogP contribution in [-0.4, -0.2) is 22.9 Å². The summed E-state index contributed by atoms with van der Waals surface area (Å²) >= 11 is 2.18. The van der Waals surface area contributed by atoms with Crippen LogP contribution in [-0.2, 0) is 4.74 Å². The quantitative estimate of drug-likeness (QED) is 0.614. The van der Waals surface area contributed by atoms with Crippen LogP contribution in [0.1, 0.15) is 29.4 Å². The van der Waals surface area contributed by atoms with E-state index in [2.05, 4.69) is 32.4 Å². The fourth-order valence-electron chi connectivity index (χ4n) is 1.15. The van der Waals surface area contributed by atoms with Gasteiger partial charge >= 0.3 is 5.97 Å². The third-order valence-electron chi connectivity index (χ3n) is 1.98. The Morgan fingerprint density at radius 1 is 1.77 bits per heavy atom. The van der Waals surface area contributed by atoms with Crippen LogP contribution in [0.2, 0.25) is 0 Å². The number of aromatic nitrogens is 2. The Morgan fingerprint density at radius 2 is 2.46 bits per heavy atom. The molecule has 1 aliphatic rings. The van der Waals surface area contributed by atoms with Gasteiger partial charge in [0.05, 0.1) is 13.2 Å². The Kier molecular flexibility index (Phi) is 2.27. The molecule has 0 N–H and O–H groups in total. The average Bonchev–Trinajstić information content (AvgIpc) is 2.89. The lowest BCUT2D eigenvalue weighted by Gasteiger charge is -1.97. The molecule has 0 unspecified atom stereocenters. The maximum atomic E-state index is 11.1. The number of carbonyl (C=O) groups excluding carboxylic acids is 1. The summed E-state index contributed by atoms with van der Waals surface area (Å²) in [5, 5.41) is 4.18. The molecule has 1 fully saturated rings. The first-order chi connectivity index (χ1) is 6.22. The number of hydrogen-bond acceptors (Lipinski definition) is 3. The topological polar surface area (TPSA) is 44.1 Å².